The van der Waals surface area contributed by atoms with Gasteiger partial charge in [0.1, 0.15) is 18.1 Å². The van der Waals surface area contributed by atoms with Crippen LogP contribution in [-0.4, -0.2) is 10.1 Å². The van der Waals surface area contributed by atoms with Gasteiger partial charge >= 0.3 is 0 Å². The van der Waals surface area contributed by atoms with Crippen LogP contribution in [-0.2, 0) is 6.61 Å². The first kappa shape index (κ1) is 13.0. The molecule has 0 aliphatic heterocycles. The molecule has 0 aliphatic rings. The van der Waals surface area contributed by atoms with Gasteiger partial charge in [-0.1, -0.05) is 17.3 Å². The highest BCUT2D eigenvalue weighted by Gasteiger charge is 2.08. The molecule has 3 aromatic heterocycles. The highest BCUT2D eigenvalue weighted by Crippen LogP contribution is 2.26. The topological polar surface area (TPSA) is 48.2 Å². The van der Waals surface area contributed by atoms with E-state index < -0.39 is 0 Å². The summed E-state index contributed by atoms with van der Waals surface area (Å²) in [5.74, 6) is 1.57. The standard InChI is InChI=1S/C17H12N2O2S/c1-3-12-9-14(5-6-15(12)18-7-1)20-11-13-10-16(21-19-13)17-4-2-8-22-17/h1-10H,11H2. The fraction of sp³-hybridized carbons (Fsp3) is 0.0588. The number of hydrogen-bond donors (Lipinski definition) is 0. The van der Waals surface area contributed by atoms with Crippen molar-refractivity contribution in [2.45, 2.75) is 6.61 Å². The number of pyridine rings is 1. The SMILES string of the molecule is c1csc(-c2cc(COc3ccc4ncccc4c3)no2)c1. The summed E-state index contributed by atoms with van der Waals surface area (Å²) in [6, 6.07) is 15.7. The molecule has 0 aliphatic carbocycles. The molecule has 0 spiro atoms. The van der Waals surface area contributed by atoms with E-state index in [4.69, 9.17) is 9.26 Å². The van der Waals surface area contributed by atoms with Crippen molar-refractivity contribution in [3.8, 4) is 16.4 Å². The van der Waals surface area contributed by atoms with Gasteiger partial charge in [-0.15, -0.1) is 11.3 Å². The smallest absolute Gasteiger partial charge is 0.177 e. The third kappa shape index (κ3) is 2.58. The minimum Gasteiger partial charge on any atom is -0.487 e. The van der Waals surface area contributed by atoms with Gasteiger partial charge in [0.25, 0.3) is 0 Å². The van der Waals surface area contributed by atoms with Crippen LogP contribution in [0.4, 0.5) is 0 Å². The molecule has 0 bridgehead atoms. The summed E-state index contributed by atoms with van der Waals surface area (Å²) < 4.78 is 11.1. The van der Waals surface area contributed by atoms with Gasteiger partial charge in [-0.2, -0.15) is 0 Å². The van der Waals surface area contributed by atoms with Crippen molar-refractivity contribution < 1.29 is 9.26 Å². The van der Waals surface area contributed by atoms with E-state index in [1.54, 1.807) is 17.5 Å². The van der Waals surface area contributed by atoms with Crippen LogP contribution in [0.2, 0.25) is 0 Å². The van der Waals surface area contributed by atoms with E-state index in [2.05, 4.69) is 10.1 Å². The summed E-state index contributed by atoms with van der Waals surface area (Å²) in [4.78, 5) is 5.36. The molecular formula is C17H12N2O2S. The first-order chi connectivity index (χ1) is 10.9. The average Bonchev–Trinajstić information content (AvgIpc) is 3.24. The summed E-state index contributed by atoms with van der Waals surface area (Å²) in [5.41, 5.74) is 1.73. The molecule has 108 valence electrons. The van der Waals surface area contributed by atoms with E-state index in [0.29, 0.717) is 6.61 Å². The van der Waals surface area contributed by atoms with Gasteiger partial charge < -0.3 is 9.26 Å². The maximum Gasteiger partial charge on any atom is 0.177 e. The summed E-state index contributed by atoms with van der Waals surface area (Å²) in [6.07, 6.45) is 1.78. The van der Waals surface area contributed by atoms with Crippen molar-refractivity contribution in [3.63, 3.8) is 0 Å². The highest BCUT2D eigenvalue weighted by atomic mass is 32.1. The summed E-state index contributed by atoms with van der Waals surface area (Å²) in [6.45, 7) is 0.376. The molecule has 5 heteroatoms. The second kappa shape index (κ2) is 5.61. The molecule has 4 aromatic rings. The number of aromatic nitrogens is 2. The average molecular weight is 308 g/mol. The minimum atomic E-state index is 0.376. The first-order valence-corrected chi connectivity index (χ1v) is 7.73. The van der Waals surface area contributed by atoms with Crippen molar-refractivity contribution in [2.75, 3.05) is 0 Å². The molecule has 4 nitrogen and oxygen atoms in total. The van der Waals surface area contributed by atoms with Gasteiger partial charge in [0.2, 0.25) is 0 Å². The first-order valence-electron chi connectivity index (χ1n) is 6.85. The van der Waals surface area contributed by atoms with Crippen LogP contribution in [0.3, 0.4) is 0 Å². The van der Waals surface area contributed by atoms with E-state index in [1.807, 2.05) is 53.9 Å². The molecule has 4 rings (SSSR count). The maximum atomic E-state index is 5.78. The minimum absolute atomic E-state index is 0.376. The van der Waals surface area contributed by atoms with E-state index >= 15 is 0 Å². The van der Waals surface area contributed by atoms with Crippen LogP contribution in [0.25, 0.3) is 21.5 Å². The van der Waals surface area contributed by atoms with Crippen LogP contribution < -0.4 is 4.74 Å². The third-order valence-corrected chi connectivity index (χ3v) is 4.17. The van der Waals surface area contributed by atoms with E-state index in [1.165, 1.54) is 0 Å². The second-order valence-corrected chi connectivity index (χ2v) is 5.75. The molecule has 0 N–H and O–H groups in total. The Morgan fingerprint density at radius 2 is 2.09 bits per heavy atom. The molecule has 1 aromatic carbocycles. The molecule has 0 radical (unpaired) electrons. The van der Waals surface area contributed by atoms with E-state index in [9.17, 15) is 0 Å². The van der Waals surface area contributed by atoms with Gasteiger partial charge in [0.05, 0.1) is 10.4 Å². The predicted molar refractivity (Wildman–Crippen MR) is 85.9 cm³/mol. The van der Waals surface area contributed by atoms with Crippen molar-refractivity contribution in [2.24, 2.45) is 0 Å². The second-order valence-electron chi connectivity index (χ2n) is 4.81. The molecule has 0 fully saturated rings. The Morgan fingerprint density at radius 1 is 1.09 bits per heavy atom. The molecule has 0 atom stereocenters. The molecule has 0 unspecified atom stereocenters. The van der Waals surface area contributed by atoms with Gasteiger partial charge in [0.15, 0.2) is 5.76 Å². The summed E-state index contributed by atoms with van der Waals surface area (Å²) >= 11 is 1.62. The van der Waals surface area contributed by atoms with E-state index in [-0.39, 0.29) is 0 Å². The largest absolute Gasteiger partial charge is 0.487 e. The maximum absolute atomic E-state index is 5.78. The molecule has 22 heavy (non-hydrogen) atoms. The van der Waals surface area contributed by atoms with Gasteiger partial charge in [0, 0.05) is 17.6 Å². The lowest BCUT2D eigenvalue weighted by Gasteiger charge is -2.04. The quantitative estimate of drug-likeness (QED) is 0.555. The third-order valence-electron chi connectivity index (χ3n) is 3.28. The van der Waals surface area contributed by atoms with Gasteiger partial charge in [-0.25, -0.2) is 0 Å². The van der Waals surface area contributed by atoms with Gasteiger partial charge in [-0.3, -0.25) is 4.98 Å². The summed E-state index contributed by atoms with van der Waals surface area (Å²) in [7, 11) is 0. The number of thiophene rings is 1. The fourth-order valence-corrected chi connectivity index (χ4v) is 2.89. The lowest BCUT2D eigenvalue weighted by Crippen LogP contribution is -1.95. The normalized spacial score (nSPS) is 10.9. The van der Waals surface area contributed by atoms with Crippen LogP contribution >= 0.6 is 11.3 Å². The lowest BCUT2D eigenvalue weighted by molar-refractivity contribution is 0.290. The number of ether oxygens (including phenoxy) is 1. The monoisotopic (exact) mass is 308 g/mol. The molecule has 0 saturated carbocycles. The van der Waals surface area contributed by atoms with Crippen molar-refractivity contribution in [3.05, 3.63) is 65.8 Å². The van der Waals surface area contributed by atoms with Crippen LogP contribution in [0, 0.1) is 0 Å². The van der Waals surface area contributed by atoms with Crippen LogP contribution in [0.1, 0.15) is 5.69 Å². The predicted octanol–water partition coefficient (Wildman–Crippen LogP) is 4.53. The number of fused-ring (bicyclic) bond motifs is 1. The highest BCUT2D eigenvalue weighted by molar-refractivity contribution is 7.13. The Hall–Kier alpha value is -2.66. The molecular weight excluding hydrogens is 296 g/mol. The fourth-order valence-electron chi connectivity index (χ4n) is 2.22. The van der Waals surface area contributed by atoms with Crippen molar-refractivity contribution in [1.82, 2.24) is 10.1 Å². The number of benzene rings is 1. The Kier molecular flexibility index (Phi) is 3.33. The van der Waals surface area contributed by atoms with Crippen molar-refractivity contribution in [1.29, 1.82) is 0 Å². The van der Waals surface area contributed by atoms with E-state index in [0.717, 1.165) is 33.0 Å². The number of rotatable bonds is 4. The lowest BCUT2D eigenvalue weighted by atomic mass is 10.2. The zero-order valence-electron chi connectivity index (χ0n) is 11.6. The Labute approximate surface area is 131 Å². The molecule has 3 heterocycles. The Morgan fingerprint density at radius 3 is 3.00 bits per heavy atom. The van der Waals surface area contributed by atoms with Crippen molar-refractivity contribution >= 4 is 22.2 Å². The zero-order chi connectivity index (χ0) is 14.8. The van der Waals surface area contributed by atoms with Gasteiger partial charge in [-0.05, 0) is 35.7 Å². The zero-order valence-corrected chi connectivity index (χ0v) is 12.4. The molecule has 0 amide bonds. The van der Waals surface area contributed by atoms with Crippen LogP contribution in [0.5, 0.6) is 5.75 Å². The molecule has 0 saturated heterocycles. The van der Waals surface area contributed by atoms with Crippen LogP contribution in [0.15, 0.2) is 64.6 Å². The summed E-state index contributed by atoms with van der Waals surface area (Å²) in [5, 5.41) is 7.11. The Bertz CT molecular complexity index is 900. The number of hydrogen-bond acceptors (Lipinski definition) is 5. The number of nitrogens with zero attached hydrogens (tertiary/aromatic N) is 2. The Balaban J connectivity index is 1.49.